The van der Waals surface area contributed by atoms with E-state index < -0.39 is 0 Å². The third-order valence-electron chi connectivity index (χ3n) is 6.67. The lowest BCUT2D eigenvalue weighted by atomic mass is 10.0. The maximum absolute atomic E-state index is 12.9. The van der Waals surface area contributed by atoms with Crippen LogP contribution in [-0.2, 0) is 11.8 Å². The average Bonchev–Trinajstić information content (AvgIpc) is 3.55. The van der Waals surface area contributed by atoms with Crippen molar-refractivity contribution in [1.29, 1.82) is 0 Å². The van der Waals surface area contributed by atoms with E-state index in [4.69, 9.17) is 10.5 Å². The van der Waals surface area contributed by atoms with E-state index >= 15 is 0 Å². The number of unbranched alkanes of at least 4 members (excludes halogenated alkanes) is 1. The highest BCUT2D eigenvalue weighted by Crippen LogP contribution is 2.34. The molecule has 0 unspecified atom stereocenters. The van der Waals surface area contributed by atoms with Gasteiger partial charge in [0.2, 0.25) is 0 Å². The average molecular weight is 486 g/mol. The summed E-state index contributed by atoms with van der Waals surface area (Å²) in [4.78, 5) is 20.9. The fourth-order valence-electron chi connectivity index (χ4n) is 4.74. The van der Waals surface area contributed by atoms with Crippen LogP contribution >= 0.6 is 0 Å². The lowest BCUT2D eigenvalue weighted by molar-refractivity contribution is 0.0970. The predicted molar refractivity (Wildman–Crippen MR) is 140 cm³/mol. The number of ketones is 1. The fraction of sp³-hybridized carbons (Fsp3) is 0.333. The maximum atomic E-state index is 12.9. The standard InChI is InChI=1S/C27H31N7O2/c1-17-26(18(2)33(3)32-17)20-12-21-22(15-30-27(21)29-14-20)19-7-9-34-24(13-19)23(16-31-34)25(35)6-4-5-10-36-11-8-28/h7,9,12-16H,4-6,8,10-11,28H2,1-3H3,(H,29,30). The lowest BCUT2D eigenvalue weighted by Crippen LogP contribution is -2.09. The van der Waals surface area contributed by atoms with Gasteiger partial charge in [0.25, 0.3) is 0 Å². The summed E-state index contributed by atoms with van der Waals surface area (Å²) in [6, 6.07) is 6.20. The number of carbonyl (C=O) groups excluding carboxylic acids is 1. The number of nitrogens with one attached hydrogen (secondary N) is 1. The molecule has 0 atom stereocenters. The summed E-state index contributed by atoms with van der Waals surface area (Å²) in [7, 11) is 1.95. The van der Waals surface area contributed by atoms with Crippen molar-refractivity contribution in [3.05, 3.63) is 59.9 Å². The molecule has 0 saturated heterocycles. The second-order valence-corrected chi connectivity index (χ2v) is 9.08. The first-order valence-corrected chi connectivity index (χ1v) is 12.2. The molecule has 0 saturated carbocycles. The van der Waals surface area contributed by atoms with Crippen LogP contribution in [0.5, 0.6) is 0 Å². The van der Waals surface area contributed by atoms with Gasteiger partial charge in [-0.15, -0.1) is 0 Å². The van der Waals surface area contributed by atoms with Gasteiger partial charge in [-0.25, -0.2) is 9.50 Å². The highest BCUT2D eigenvalue weighted by atomic mass is 16.5. The molecule has 0 bridgehead atoms. The molecule has 0 aliphatic heterocycles. The van der Waals surface area contributed by atoms with Gasteiger partial charge in [-0.2, -0.15) is 10.2 Å². The van der Waals surface area contributed by atoms with Crippen LogP contribution in [0.15, 0.2) is 43.0 Å². The third kappa shape index (κ3) is 4.43. The van der Waals surface area contributed by atoms with Gasteiger partial charge in [-0.3, -0.25) is 9.48 Å². The first-order chi connectivity index (χ1) is 17.5. The van der Waals surface area contributed by atoms with E-state index in [0.29, 0.717) is 31.7 Å². The fourth-order valence-corrected chi connectivity index (χ4v) is 4.74. The zero-order chi connectivity index (χ0) is 25.2. The van der Waals surface area contributed by atoms with Gasteiger partial charge in [-0.05, 0) is 50.5 Å². The molecule has 5 aromatic heterocycles. The van der Waals surface area contributed by atoms with E-state index in [-0.39, 0.29) is 5.78 Å². The minimum Gasteiger partial charge on any atom is -0.380 e. The zero-order valence-electron chi connectivity index (χ0n) is 20.9. The number of aromatic amines is 1. The number of nitrogens with two attached hydrogens (primary N) is 1. The number of nitrogens with zero attached hydrogens (tertiary/aromatic N) is 5. The van der Waals surface area contributed by atoms with Gasteiger partial charge in [0, 0.05) is 73.0 Å². The van der Waals surface area contributed by atoms with Crippen molar-refractivity contribution in [2.45, 2.75) is 33.1 Å². The maximum Gasteiger partial charge on any atom is 0.166 e. The molecular weight excluding hydrogens is 454 g/mol. The van der Waals surface area contributed by atoms with E-state index in [1.807, 2.05) is 49.4 Å². The lowest BCUT2D eigenvalue weighted by Gasteiger charge is -2.06. The van der Waals surface area contributed by atoms with E-state index in [9.17, 15) is 4.79 Å². The Balaban J connectivity index is 1.45. The minimum absolute atomic E-state index is 0.0892. The first-order valence-electron chi connectivity index (χ1n) is 12.2. The number of rotatable bonds is 10. The predicted octanol–water partition coefficient (Wildman–Crippen LogP) is 4.22. The Morgan fingerprint density at radius 1 is 1.14 bits per heavy atom. The Kier molecular flexibility index (Phi) is 6.67. The SMILES string of the molecule is Cc1nn(C)c(C)c1-c1cnc2[nH]cc(-c3ccn4ncc(C(=O)CCCCOCCN)c4c3)c2c1. The Morgan fingerprint density at radius 3 is 2.78 bits per heavy atom. The van der Waals surface area contributed by atoms with Gasteiger partial charge in [-0.1, -0.05) is 0 Å². The summed E-state index contributed by atoms with van der Waals surface area (Å²) < 4.78 is 9.05. The van der Waals surface area contributed by atoms with Crippen molar-refractivity contribution < 1.29 is 9.53 Å². The van der Waals surface area contributed by atoms with Crippen molar-refractivity contribution in [1.82, 2.24) is 29.4 Å². The Morgan fingerprint density at radius 2 is 2.00 bits per heavy atom. The van der Waals surface area contributed by atoms with Crippen molar-refractivity contribution in [2.75, 3.05) is 19.8 Å². The summed E-state index contributed by atoms with van der Waals surface area (Å²) >= 11 is 0. The molecule has 3 N–H and O–H groups in total. The van der Waals surface area contributed by atoms with Crippen molar-refractivity contribution in [3.63, 3.8) is 0 Å². The normalized spacial score (nSPS) is 11.7. The number of hydrogen-bond donors (Lipinski definition) is 2. The third-order valence-corrected chi connectivity index (χ3v) is 6.67. The number of H-pyrrole nitrogens is 1. The van der Waals surface area contributed by atoms with Crippen LogP contribution in [0.3, 0.4) is 0 Å². The van der Waals surface area contributed by atoms with Crippen LogP contribution < -0.4 is 5.73 Å². The van der Waals surface area contributed by atoms with E-state index in [0.717, 1.165) is 63.0 Å². The van der Waals surface area contributed by atoms with Gasteiger partial charge in [0.1, 0.15) is 5.65 Å². The minimum atomic E-state index is 0.0892. The molecule has 5 aromatic rings. The summed E-state index contributed by atoms with van der Waals surface area (Å²) in [5.41, 5.74) is 13.9. The van der Waals surface area contributed by atoms with Crippen LogP contribution in [-0.4, -0.2) is 54.9 Å². The monoisotopic (exact) mass is 485 g/mol. The smallest absolute Gasteiger partial charge is 0.166 e. The number of ether oxygens (including phenoxy) is 1. The largest absolute Gasteiger partial charge is 0.380 e. The molecular formula is C27H31N7O2. The van der Waals surface area contributed by atoms with E-state index in [1.165, 1.54) is 0 Å². The Hall–Kier alpha value is -3.82. The summed E-state index contributed by atoms with van der Waals surface area (Å²) in [6.07, 6.45) is 9.47. The van der Waals surface area contributed by atoms with Crippen LogP contribution in [0.25, 0.3) is 38.8 Å². The molecule has 5 heterocycles. The van der Waals surface area contributed by atoms with E-state index in [1.54, 1.807) is 10.7 Å². The highest BCUT2D eigenvalue weighted by Gasteiger charge is 2.17. The number of aryl methyl sites for hydroxylation is 2. The second-order valence-electron chi connectivity index (χ2n) is 9.08. The number of Topliss-reactive ketones (excluding diaryl/α,β-unsaturated/α-hetero) is 1. The van der Waals surface area contributed by atoms with Crippen LogP contribution in [0.2, 0.25) is 0 Å². The van der Waals surface area contributed by atoms with Crippen LogP contribution in [0.1, 0.15) is 41.0 Å². The molecule has 0 aromatic carbocycles. The quantitative estimate of drug-likeness (QED) is 0.226. The van der Waals surface area contributed by atoms with Crippen molar-refractivity contribution in [3.8, 4) is 22.3 Å². The molecule has 0 spiro atoms. The Labute approximate surface area is 209 Å². The summed E-state index contributed by atoms with van der Waals surface area (Å²) in [5.74, 6) is 0.0892. The number of carbonyl (C=O) groups is 1. The molecule has 36 heavy (non-hydrogen) atoms. The van der Waals surface area contributed by atoms with Crippen LogP contribution in [0, 0.1) is 13.8 Å². The molecule has 186 valence electrons. The molecule has 0 aliphatic carbocycles. The second kappa shape index (κ2) is 10.0. The van der Waals surface area contributed by atoms with Gasteiger partial charge >= 0.3 is 0 Å². The van der Waals surface area contributed by atoms with Crippen LogP contribution in [0.4, 0.5) is 0 Å². The zero-order valence-corrected chi connectivity index (χ0v) is 20.9. The topological polar surface area (TPSA) is 116 Å². The van der Waals surface area contributed by atoms with Crippen molar-refractivity contribution >= 4 is 22.3 Å². The molecule has 0 radical (unpaired) electrons. The van der Waals surface area contributed by atoms with E-state index in [2.05, 4.69) is 33.2 Å². The molecule has 0 amide bonds. The number of fused-ring (bicyclic) bond motifs is 2. The first kappa shape index (κ1) is 23.9. The Bertz CT molecular complexity index is 1540. The van der Waals surface area contributed by atoms with Gasteiger partial charge in [0.15, 0.2) is 5.78 Å². The highest BCUT2D eigenvalue weighted by molar-refractivity contribution is 6.03. The number of pyridine rings is 2. The number of hydrogen-bond acceptors (Lipinski definition) is 6. The molecule has 9 nitrogen and oxygen atoms in total. The van der Waals surface area contributed by atoms with Crippen molar-refractivity contribution in [2.24, 2.45) is 12.8 Å². The van der Waals surface area contributed by atoms with Gasteiger partial charge < -0.3 is 15.5 Å². The molecule has 0 aliphatic rings. The summed E-state index contributed by atoms with van der Waals surface area (Å²) in [6.45, 7) is 5.77. The van der Waals surface area contributed by atoms with Gasteiger partial charge in [0.05, 0.1) is 29.6 Å². The molecule has 9 heteroatoms. The number of aromatic nitrogens is 6. The molecule has 5 rings (SSSR count). The molecule has 0 fully saturated rings. The summed E-state index contributed by atoms with van der Waals surface area (Å²) in [5, 5.41) is 9.97.